The van der Waals surface area contributed by atoms with E-state index in [2.05, 4.69) is 57.2 Å². The van der Waals surface area contributed by atoms with Gasteiger partial charge in [0, 0.05) is 104 Å². The summed E-state index contributed by atoms with van der Waals surface area (Å²) in [6.45, 7) is 11.4. The van der Waals surface area contributed by atoms with Crippen LogP contribution in [0, 0.1) is 41.9 Å². The first kappa shape index (κ1) is 91.1. The van der Waals surface area contributed by atoms with E-state index in [1.54, 1.807) is 72.1 Å². The van der Waals surface area contributed by atoms with Crippen molar-refractivity contribution in [3.8, 4) is 0 Å². The molecule has 0 bridgehead atoms. The summed E-state index contributed by atoms with van der Waals surface area (Å²) >= 11 is 0. The van der Waals surface area contributed by atoms with Crippen LogP contribution in [0.4, 0.5) is 22.0 Å². The van der Waals surface area contributed by atoms with E-state index in [4.69, 9.17) is 11.5 Å². The second kappa shape index (κ2) is 43.6. The smallest absolute Gasteiger partial charge is 0.246 e. The predicted molar refractivity (Wildman–Crippen MR) is 458 cm³/mol. The molecule has 3 heterocycles. The van der Waals surface area contributed by atoms with Gasteiger partial charge in [0.2, 0.25) is 47.3 Å². The molecule has 9 atom stereocenters. The SMILES string of the molecule is CC1C(=O)N(C(Cc2ccc3ccccc3c2)C(=O)NCCN(C)C)CCN1C(=O)C(N)Cc1ccc(F)cc1.CCC1CN(C(Cc2ccc3ccccc3c2)C(=O)NC)CCN1C(=O)C(CCc1ccc(F)cc1F)Cc1ccc(F)cc1.CCCC1C(=O)N(C(Cc2ccc(C)cc2)C(=O)NC)CCN1C(=O)C(N)Cc1ccc(F)cc1. The van der Waals surface area contributed by atoms with E-state index in [0.29, 0.717) is 96.2 Å². The zero-order valence-corrected chi connectivity index (χ0v) is 69.8. The number of nitrogens with two attached hydrogens (primary N) is 2. The molecule has 636 valence electrons. The number of carbonyl (C=O) groups excluding carboxylic acids is 8. The molecule has 0 saturated carbocycles. The fourth-order valence-corrected chi connectivity index (χ4v) is 16.1. The molecule has 3 aliphatic rings. The highest BCUT2D eigenvalue weighted by molar-refractivity contribution is 5.96. The lowest BCUT2D eigenvalue weighted by Crippen LogP contribution is -2.65. The van der Waals surface area contributed by atoms with E-state index >= 15 is 0 Å². The van der Waals surface area contributed by atoms with Gasteiger partial charge in [0.05, 0.1) is 18.1 Å². The minimum absolute atomic E-state index is 0.0423. The quantitative estimate of drug-likeness (QED) is 0.0264. The van der Waals surface area contributed by atoms with E-state index in [9.17, 15) is 60.3 Å². The number of hydrogen-bond donors (Lipinski definition) is 5. The first-order valence-corrected chi connectivity index (χ1v) is 41.5. The molecule has 25 heteroatoms. The summed E-state index contributed by atoms with van der Waals surface area (Å²) < 4.78 is 68.1. The van der Waals surface area contributed by atoms with Gasteiger partial charge in [0.25, 0.3) is 0 Å². The molecular weight excluding hydrogens is 1530 g/mol. The Bertz CT molecular complexity index is 4970. The molecule has 120 heavy (non-hydrogen) atoms. The third-order valence-corrected chi connectivity index (χ3v) is 23.0. The van der Waals surface area contributed by atoms with Gasteiger partial charge in [-0.3, -0.25) is 43.3 Å². The number of hydrogen-bond acceptors (Lipinski definition) is 12. The lowest BCUT2D eigenvalue weighted by molar-refractivity contribution is -0.156. The highest BCUT2D eigenvalue weighted by Crippen LogP contribution is 2.30. The van der Waals surface area contributed by atoms with Crippen LogP contribution in [0.15, 0.2) is 200 Å². The number of benzene rings is 9. The zero-order chi connectivity index (χ0) is 86.3. The predicted octanol–water partition coefficient (Wildman–Crippen LogP) is 10.7. The number of carbonyl (C=O) groups is 8. The van der Waals surface area contributed by atoms with Crippen LogP contribution in [0.1, 0.15) is 91.0 Å². The van der Waals surface area contributed by atoms with Gasteiger partial charge in [-0.15, -0.1) is 0 Å². The van der Waals surface area contributed by atoms with E-state index in [-0.39, 0.29) is 116 Å². The summed E-state index contributed by atoms with van der Waals surface area (Å²) in [7, 11) is 7.07. The minimum Gasteiger partial charge on any atom is -0.358 e. The molecular formula is C95H113F5N12O8. The summed E-state index contributed by atoms with van der Waals surface area (Å²) in [5, 5.41) is 12.9. The lowest BCUT2D eigenvalue weighted by atomic mass is 9.90. The molecule has 7 N–H and O–H groups in total. The van der Waals surface area contributed by atoms with Crippen LogP contribution < -0.4 is 27.4 Å². The summed E-state index contributed by atoms with van der Waals surface area (Å²) in [5.41, 5.74) is 19.2. The number of piperazine rings is 3. The largest absolute Gasteiger partial charge is 0.358 e. The van der Waals surface area contributed by atoms with E-state index in [1.807, 2.05) is 117 Å². The van der Waals surface area contributed by atoms with Crippen molar-refractivity contribution >= 4 is 68.8 Å². The van der Waals surface area contributed by atoms with E-state index in [1.165, 1.54) is 53.4 Å². The van der Waals surface area contributed by atoms with Crippen LogP contribution >= 0.6 is 0 Å². The lowest BCUT2D eigenvalue weighted by Gasteiger charge is -2.45. The van der Waals surface area contributed by atoms with Crippen LogP contribution in [-0.4, -0.2) is 217 Å². The normalized spacial score (nSPS) is 17.2. The van der Waals surface area contributed by atoms with Crippen LogP contribution in [0.5, 0.6) is 0 Å². The zero-order valence-electron chi connectivity index (χ0n) is 69.8. The highest BCUT2D eigenvalue weighted by atomic mass is 19.1. The average Bonchev–Trinajstić information content (AvgIpc) is 0.797. The molecule has 8 amide bonds. The molecule has 0 radical (unpaired) electrons. The summed E-state index contributed by atoms with van der Waals surface area (Å²) in [5.74, 6) is -4.55. The number of likely N-dealkylation sites (N-methyl/N-ethyl adjacent to an activating group) is 3. The van der Waals surface area contributed by atoms with Crippen molar-refractivity contribution in [1.29, 1.82) is 0 Å². The van der Waals surface area contributed by atoms with E-state index in [0.717, 1.165) is 66.6 Å². The van der Waals surface area contributed by atoms with Gasteiger partial charge in [-0.25, -0.2) is 22.0 Å². The fourth-order valence-electron chi connectivity index (χ4n) is 16.1. The molecule has 9 unspecified atom stereocenters. The average molecular weight is 1650 g/mol. The molecule has 9 aromatic carbocycles. The Hall–Kier alpha value is -11.3. The van der Waals surface area contributed by atoms with Crippen molar-refractivity contribution in [1.82, 2.24) is 50.2 Å². The molecule has 0 spiro atoms. The van der Waals surface area contributed by atoms with Crippen LogP contribution in [0.2, 0.25) is 0 Å². The Morgan fingerprint density at radius 2 is 0.917 bits per heavy atom. The van der Waals surface area contributed by atoms with Gasteiger partial charge in [0.15, 0.2) is 0 Å². The van der Waals surface area contributed by atoms with Crippen molar-refractivity contribution in [2.75, 3.05) is 87.1 Å². The Morgan fingerprint density at radius 3 is 1.43 bits per heavy atom. The van der Waals surface area contributed by atoms with Gasteiger partial charge >= 0.3 is 0 Å². The Kier molecular flexibility index (Phi) is 33.1. The topological polar surface area (TPSA) is 247 Å². The molecule has 3 saturated heterocycles. The first-order chi connectivity index (χ1) is 57.6. The number of halogens is 5. The maximum atomic E-state index is 14.5. The number of aryl methyl sites for hydroxylation is 2. The van der Waals surface area contributed by atoms with Crippen molar-refractivity contribution in [2.45, 2.75) is 147 Å². The number of nitrogens with one attached hydrogen (secondary N) is 3. The number of rotatable bonds is 30. The maximum Gasteiger partial charge on any atom is 0.246 e. The Labute approximate surface area is 700 Å². The minimum atomic E-state index is -0.866. The molecule has 0 aliphatic carbocycles. The Balaban J connectivity index is 0.000000191. The molecule has 0 aromatic heterocycles. The Morgan fingerprint density at radius 1 is 0.475 bits per heavy atom. The number of fused-ring (bicyclic) bond motifs is 2. The number of amides is 8. The maximum absolute atomic E-state index is 14.5. The van der Waals surface area contributed by atoms with Gasteiger partial charge in [-0.1, -0.05) is 177 Å². The number of nitrogens with zero attached hydrogens (tertiary/aromatic N) is 7. The third kappa shape index (κ3) is 24.5. The van der Waals surface area contributed by atoms with Gasteiger partial charge in [-0.05, 0) is 182 Å². The second-order valence-electron chi connectivity index (χ2n) is 31.7. The monoisotopic (exact) mass is 1640 g/mol. The molecule has 3 fully saturated rings. The van der Waals surface area contributed by atoms with Crippen LogP contribution in [-0.2, 0) is 83.3 Å². The summed E-state index contributed by atoms with van der Waals surface area (Å²) in [6.07, 6.45) is 4.67. The summed E-state index contributed by atoms with van der Waals surface area (Å²) in [4.78, 5) is 120. The van der Waals surface area contributed by atoms with Crippen molar-refractivity contribution in [3.63, 3.8) is 0 Å². The first-order valence-electron chi connectivity index (χ1n) is 41.5. The fraction of sp³-hybridized carbons (Fsp3) is 0.389. The van der Waals surface area contributed by atoms with Gasteiger partial charge < -0.3 is 56.8 Å². The molecule has 20 nitrogen and oxygen atoms in total. The van der Waals surface area contributed by atoms with Crippen molar-refractivity contribution in [3.05, 3.63) is 274 Å². The van der Waals surface area contributed by atoms with Gasteiger partial charge in [0.1, 0.15) is 53.3 Å². The van der Waals surface area contributed by atoms with Crippen molar-refractivity contribution in [2.24, 2.45) is 17.4 Å². The molecule has 12 rings (SSSR count). The summed E-state index contributed by atoms with van der Waals surface area (Å²) in [6, 6.07) is 52.7. The van der Waals surface area contributed by atoms with Crippen molar-refractivity contribution < 1.29 is 60.3 Å². The molecule has 9 aromatic rings. The van der Waals surface area contributed by atoms with Crippen LogP contribution in [0.25, 0.3) is 21.5 Å². The molecule has 3 aliphatic heterocycles. The van der Waals surface area contributed by atoms with Gasteiger partial charge in [-0.2, -0.15) is 0 Å². The van der Waals surface area contributed by atoms with E-state index < -0.39 is 53.8 Å². The standard InChI is InChI=1S/C37H40F3N3O2.C31H38FN5O3.C27H35FN4O3/c1-3-33-24-42(35(36(44)41-2)22-26-8-11-27-6-4-5-7-29(27)21-26)18-19-43(33)37(45)30(20-25-9-15-31(38)16-10-25)13-12-28-14-17-32(39)23-34(28)40;1-21-30(39)37(17-16-36(21)31(40)27(33)19-22-9-12-26(32)13-10-22)28(29(38)34-14-15-35(2)3)20-23-8-11-24-6-4-5-7-25(24)18-23;1-4-5-23-27(35)32(24(25(33)30-3)17-20-8-6-18(2)7-9-20)15-14-31(23)26(34)22(29)16-19-10-12-21(28)13-11-19/h4-11,14-17,21,23,30,33,35H,3,12-13,18-20,22,24H2,1-2H3,(H,41,44);4-13,18,21,27-28H,14-17,19-20,33H2,1-3H3,(H,34,38);6-13,22-24H,4-5,14-17,29H2,1-3H3,(H,30,33). The highest BCUT2D eigenvalue weighted by Gasteiger charge is 2.45. The van der Waals surface area contributed by atoms with Crippen LogP contribution in [0.3, 0.4) is 0 Å². The third-order valence-electron chi connectivity index (χ3n) is 23.0. The second-order valence-corrected chi connectivity index (χ2v) is 31.7.